The molecule has 0 saturated heterocycles. The zero-order chi connectivity index (χ0) is 20.5. The molecule has 28 heavy (non-hydrogen) atoms. The van der Waals surface area contributed by atoms with E-state index < -0.39 is 0 Å². The Kier molecular flexibility index (Phi) is 7.99. The Balaban J connectivity index is 2.21. The third-order valence-electron chi connectivity index (χ3n) is 4.22. The van der Waals surface area contributed by atoms with Crippen molar-refractivity contribution in [3.8, 4) is 23.0 Å². The predicted molar refractivity (Wildman–Crippen MR) is 109 cm³/mol. The van der Waals surface area contributed by atoms with Crippen molar-refractivity contribution in [2.45, 2.75) is 33.2 Å². The molecule has 0 radical (unpaired) electrons. The minimum atomic E-state index is -0.274. The summed E-state index contributed by atoms with van der Waals surface area (Å²) in [6.45, 7) is 6.92. The summed E-state index contributed by atoms with van der Waals surface area (Å²) < 4.78 is 22.0. The summed E-state index contributed by atoms with van der Waals surface area (Å²) in [7, 11) is 3.20. The van der Waals surface area contributed by atoms with Crippen LogP contribution in [0.3, 0.4) is 0 Å². The molecule has 2 rings (SSSR count). The van der Waals surface area contributed by atoms with Crippen LogP contribution in [0.1, 0.15) is 49.2 Å². The second-order valence-corrected chi connectivity index (χ2v) is 6.25. The highest BCUT2D eigenvalue weighted by Gasteiger charge is 2.18. The van der Waals surface area contributed by atoms with Crippen LogP contribution in [0.4, 0.5) is 0 Å². The molecule has 152 valence electrons. The van der Waals surface area contributed by atoms with Gasteiger partial charge in [0.15, 0.2) is 11.5 Å². The van der Waals surface area contributed by atoms with Crippen molar-refractivity contribution in [1.82, 2.24) is 5.32 Å². The molecule has 6 heteroatoms. The van der Waals surface area contributed by atoms with Gasteiger partial charge in [0.05, 0.1) is 33.5 Å². The average Bonchev–Trinajstić information content (AvgIpc) is 2.72. The number of rotatable bonds is 10. The third kappa shape index (κ3) is 5.31. The van der Waals surface area contributed by atoms with E-state index in [1.165, 1.54) is 0 Å². The topological polar surface area (TPSA) is 66.0 Å². The lowest BCUT2D eigenvalue weighted by Gasteiger charge is -2.19. The first-order valence-corrected chi connectivity index (χ1v) is 9.46. The van der Waals surface area contributed by atoms with Crippen LogP contribution in [0.25, 0.3) is 0 Å². The van der Waals surface area contributed by atoms with Crippen LogP contribution < -0.4 is 24.3 Å². The number of methoxy groups -OCH3 is 2. The molecule has 2 aromatic carbocycles. The van der Waals surface area contributed by atoms with Gasteiger partial charge in [-0.2, -0.15) is 0 Å². The number of ether oxygens (including phenoxy) is 4. The van der Waals surface area contributed by atoms with E-state index in [4.69, 9.17) is 18.9 Å². The van der Waals surface area contributed by atoms with Crippen molar-refractivity contribution in [3.63, 3.8) is 0 Å². The van der Waals surface area contributed by atoms with Crippen LogP contribution in [0, 0.1) is 0 Å². The Hall–Kier alpha value is -2.89. The minimum Gasteiger partial charge on any atom is -0.497 e. The molecule has 0 unspecified atom stereocenters. The lowest BCUT2D eigenvalue weighted by Crippen LogP contribution is -2.27. The Labute approximate surface area is 166 Å². The number of carbonyl (C=O) groups excluding carboxylic acids is 1. The Morgan fingerprint density at radius 1 is 0.964 bits per heavy atom. The van der Waals surface area contributed by atoms with E-state index in [-0.39, 0.29) is 11.9 Å². The van der Waals surface area contributed by atoms with Gasteiger partial charge in [-0.3, -0.25) is 4.79 Å². The van der Waals surface area contributed by atoms with Crippen LogP contribution in [0.15, 0.2) is 36.4 Å². The molecule has 1 amide bonds. The van der Waals surface area contributed by atoms with Crippen molar-refractivity contribution in [2.24, 2.45) is 0 Å². The first-order valence-electron chi connectivity index (χ1n) is 9.46. The molecular weight excluding hydrogens is 358 g/mol. The quantitative estimate of drug-likeness (QED) is 0.655. The predicted octanol–water partition coefficient (Wildman–Crippen LogP) is 4.38. The van der Waals surface area contributed by atoms with Gasteiger partial charge in [-0.15, -0.1) is 0 Å². The van der Waals surface area contributed by atoms with E-state index in [9.17, 15) is 4.79 Å². The first kappa shape index (κ1) is 21.4. The standard InChI is InChI=1S/C22H29NO5/c1-6-12-28-20-10-8-16(13-21(20)27-7-2)22(24)23-15(3)18-14-17(25-4)9-11-19(18)26-5/h8-11,13-15H,6-7,12H2,1-5H3,(H,23,24)/t15-/m1/s1. The van der Waals surface area contributed by atoms with E-state index in [0.29, 0.717) is 41.8 Å². The molecule has 0 aliphatic heterocycles. The normalized spacial score (nSPS) is 11.5. The molecule has 0 saturated carbocycles. The maximum absolute atomic E-state index is 12.8. The van der Waals surface area contributed by atoms with E-state index in [1.807, 2.05) is 39.0 Å². The van der Waals surface area contributed by atoms with Gasteiger partial charge in [0.2, 0.25) is 0 Å². The Bertz CT molecular complexity index is 790. The summed E-state index contributed by atoms with van der Waals surface area (Å²) in [4.78, 5) is 12.8. The molecule has 2 aromatic rings. The molecule has 0 spiro atoms. The maximum Gasteiger partial charge on any atom is 0.251 e. The number of hydrogen-bond donors (Lipinski definition) is 1. The number of carbonyl (C=O) groups is 1. The second kappa shape index (κ2) is 10.4. The fourth-order valence-electron chi connectivity index (χ4n) is 2.78. The van der Waals surface area contributed by atoms with Crippen LogP contribution in [-0.2, 0) is 0 Å². The first-order chi connectivity index (χ1) is 13.5. The Morgan fingerprint density at radius 2 is 1.71 bits per heavy atom. The van der Waals surface area contributed by atoms with Gasteiger partial charge in [0, 0.05) is 11.1 Å². The van der Waals surface area contributed by atoms with Gasteiger partial charge in [0.25, 0.3) is 5.91 Å². The van der Waals surface area contributed by atoms with Gasteiger partial charge in [0.1, 0.15) is 11.5 Å². The van der Waals surface area contributed by atoms with E-state index in [1.54, 1.807) is 32.4 Å². The lowest BCUT2D eigenvalue weighted by atomic mass is 10.1. The summed E-state index contributed by atoms with van der Waals surface area (Å²) in [5, 5.41) is 3.00. The second-order valence-electron chi connectivity index (χ2n) is 6.25. The SMILES string of the molecule is CCCOc1ccc(C(=O)N[C@H](C)c2cc(OC)ccc2OC)cc1OCC. The molecule has 0 bridgehead atoms. The molecular formula is C22H29NO5. The molecule has 0 aliphatic carbocycles. The third-order valence-corrected chi connectivity index (χ3v) is 4.22. The highest BCUT2D eigenvalue weighted by atomic mass is 16.5. The van der Waals surface area contributed by atoms with Gasteiger partial charge in [-0.25, -0.2) is 0 Å². The highest BCUT2D eigenvalue weighted by Crippen LogP contribution is 2.31. The van der Waals surface area contributed by atoms with Gasteiger partial charge >= 0.3 is 0 Å². The highest BCUT2D eigenvalue weighted by molar-refractivity contribution is 5.95. The number of nitrogens with one attached hydrogen (secondary N) is 1. The van der Waals surface area contributed by atoms with Crippen molar-refractivity contribution in [3.05, 3.63) is 47.5 Å². The number of benzene rings is 2. The van der Waals surface area contributed by atoms with Crippen molar-refractivity contribution in [1.29, 1.82) is 0 Å². The molecule has 6 nitrogen and oxygen atoms in total. The summed E-state index contributed by atoms with van der Waals surface area (Å²) in [6, 6.07) is 10.4. The Morgan fingerprint density at radius 3 is 2.36 bits per heavy atom. The number of amides is 1. The molecule has 1 N–H and O–H groups in total. The monoisotopic (exact) mass is 387 g/mol. The summed E-state index contributed by atoms with van der Waals surface area (Å²) in [5.74, 6) is 2.39. The van der Waals surface area contributed by atoms with E-state index >= 15 is 0 Å². The minimum absolute atomic E-state index is 0.208. The smallest absolute Gasteiger partial charge is 0.251 e. The fourth-order valence-corrected chi connectivity index (χ4v) is 2.78. The zero-order valence-electron chi connectivity index (χ0n) is 17.2. The summed E-state index contributed by atoms with van der Waals surface area (Å²) >= 11 is 0. The summed E-state index contributed by atoms with van der Waals surface area (Å²) in [6.07, 6.45) is 0.897. The van der Waals surface area contributed by atoms with Crippen molar-refractivity contribution >= 4 is 5.91 Å². The van der Waals surface area contributed by atoms with Crippen LogP contribution in [0.2, 0.25) is 0 Å². The van der Waals surface area contributed by atoms with Crippen molar-refractivity contribution < 1.29 is 23.7 Å². The van der Waals surface area contributed by atoms with E-state index in [2.05, 4.69) is 5.32 Å². The van der Waals surface area contributed by atoms with E-state index in [0.717, 1.165) is 12.0 Å². The van der Waals surface area contributed by atoms with Crippen LogP contribution >= 0.6 is 0 Å². The molecule has 0 heterocycles. The molecule has 0 aromatic heterocycles. The largest absolute Gasteiger partial charge is 0.497 e. The average molecular weight is 387 g/mol. The lowest BCUT2D eigenvalue weighted by molar-refractivity contribution is 0.0939. The zero-order valence-corrected chi connectivity index (χ0v) is 17.2. The van der Waals surface area contributed by atoms with Crippen LogP contribution in [0.5, 0.6) is 23.0 Å². The maximum atomic E-state index is 12.8. The number of hydrogen-bond acceptors (Lipinski definition) is 5. The van der Waals surface area contributed by atoms with Crippen molar-refractivity contribution in [2.75, 3.05) is 27.4 Å². The van der Waals surface area contributed by atoms with Gasteiger partial charge in [-0.05, 0) is 56.7 Å². The molecule has 1 atom stereocenters. The van der Waals surface area contributed by atoms with Gasteiger partial charge < -0.3 is 24.3 Å². The van der Waals surface area contributed by atoms with Crippen LogP contribution in [-0.4, -0.2) is 33.3 Å². The van der Waals surface area contributed by atoms with Gasteiger partial charge in [-0.1, -0.05) is 6.92 Å². The summed E-state index contributed by atoms with van der Waals surface area (Å²) in [5.41, 5.74) is 1.34. The molecule has 0 aliphatic rings. The fraction of sp³-hybridized carbons (Fsp3) is 0.409. The molecule has 0 fully saturated rings.